The van der Waals surface area contributed by atoms with Crippen LogP contribution in [0.3, 0.4) is 0 Å². The van der Waals surface area contributed by atoms with E-state index in [9.17, 15) is 8.42 Å². The van der Waals surface area contributed by atoms with Gasteiger partial charge in [0.15, 0.2) is 0 Å². The van der Waals surface area contributed by atoms with Crippen molar-refractivity contribution in [3.63, 3.8) is 0 Å². The molecule has 1 saturated heterocycles. The summed E-state index contributed by atoms with van der Waals surface area (Å²) < 4.78 is 22.9. The molecule has 0 aromatic heterocycles. The van der Waals surface area contributed by atoms with Crippen molar-refractivity contribution in [3.05, 3.63) is 0 Å². The van der Waals surface area contributed by atoms with Gasteiger partial charge in [0.2, 0.25) is 0 Å². The zero-order valence-corrected chi connectivity index (χ0v) is 14.5. The molecule has 0 bridgehead atoms. The Morgan fingerprint density at radius 1 is 1.20 bits per heavy atom. The van der Waals surface area contributed by atoms with Crippen LogP contribution in [-0.4, -0.2) is 57.0 Å². The van der Waals surface area contributed by atoms with Gasteiger partial charge in [-0.3, -0.25) is 4.90 Å². The highest BCUT2D eigenvalue weighted by atomic mass is 32.2. The van der Waals surface area contributed by atoms with Crippen LogP contribution in [0.15, 0.2) is 0 Å². The topological polar surface area (TPSA) is 49.4 Å². The fraction of sp³-hybridized carbons (Fsp3) is 1.00. The lowest BCUT2D eigenvalue weighted by molar-refractivity contribution is 0.0818. The third-order valence-corrected chi connectivity index (χ3v) is 5.79. The van der Waals surface area contributed by atoms with E-state index in [1.54, 1.807) is 0 Å². The van der Waals surface area contributed by atoms with Crippen molar-refractivity contribution in [2.45, 2.75) is 52.6 Å². The first-order valence-corrected chi connectivity index (χ1v) is 9.99. The molecule has 20 heavy (non-hydrogen) atoms. The van der Waals surface area contributed by atoms with Crippen LogP contribution < -0.4 is 5.32 Å². The van der Waals surface area contributed by atoms with Crippen molar-refractivity contribution < 1.29 is 8.42 Å². The molecule has 0 amide bonds. The summed E-state index contributed by atoms with van der Waals surface area (Å²) in [6, 6.07) is 0.946. The second kappa shape index (κ2) is 7.76. The van der Waals surface area contributed by atoms with Gasteiger partial charge in [-0.1, -0.05) is 40.5 Å². The monoisotopic (exact) mass is 304 g/mol. The van der Waals surface area contributed by atoms with E-state index in [0.29, 0.717) is 30.5 Å². The molecule has 0 aromatic carbocycles. The predicted molar refractivity (Wildman–Crippen MR) is 85.8 cm³/mol. The molecule has 1 heterocycles. The molecule has 0 saturated carbocycles. The van der Waals surface area contributed by atoms with Gasteiger partial charge in [0, 0.05) is 38.0 Å². The average molecular weight is 305 g/mol. The lowest BCUT2D eigenvalue weighted by atomic mass is 9.90. The SMILES string of the molecule is CCC(C)C1CN(CCS(C)(=O)=O)C(C(C)CC)CN1. The molecule has 0 spiro atoms. The maximum atomic E-state index is 11.4. The van der Waals surface area contributed by atoms with Crippen molar-refractivity contribution in [1.29, 1.82) is 0 Å². The molecule has 120 valence electrons. The van der Waals surface area contributed by atoms with Gasteiger partial charge in [0.25, 0.3) is 0 Å². The number of rotatable bonds is 7. The van der Waals surface area contributed by atoms with Gasteiger partial charge in [-0.2, -0.15) is 0 Å². The molecule has 1 N–H and O–H groups in total. The van der Waals surface area contributed by atoms with Crippen molar-refractivity contribution in [2.75, 3.05) is 31.6 Å². The van der Waals surface area contributed by atoms with Crippen LogP contribution >= 0.6 is 0 Å². The molecule has 1 fully saturated rings. The Balaban J connectivity index is 2.72. The van der Waals surface area contributed by atoms with Gasteiger partial charge >= 0.3 is 0 Å². The summed E-state index contributed by atoms with van der Waals surface area (Å²) in [6.07, 6.45) is 3.63. The molecule has 1 rings (SSSR count). The first kappa shape index (κ1) is 17.9. The zero-order valence-electron chi connectivity index (χ0n) is 13.7. The fourth-order valence-electron chi connectivity index (χ4n) is 2.89. The highest BCUT2D eigenvalue weighted by molar-refractivity contribution is 7.90. The average Bonchev–Trinajstić information content (AvgIpc) is 2.42. The predicted octanol–water partition coefficient (Wildman–Crippen LogP) is 1.77. The standard InChI is InChI=1S/C15H32N2O2S/c1-6-12(3)14-11-17(8-9-20(5,18)19)15(10-16-14)13(4)7-2/h12-16H,6-11H2,1-5H3. The minimum Gasteiger partial charge on any atom is -0.311 e. The number of hydrogen-bond acceptors (Lipinski definition) is 4. The van der Waals surface area contributed by atoms with Crippen LogP contribution in [-0.2, 0) is 9.84 Å². The Hall–Kier alpha value is -0.130. The molecule has 0 aliphatic carbocycles. The molecule has 1 aliphatic rings. The molecule has 4 unspecified atom stereocenters. The first-order valence-electron chi connectivity index (χ1n) is 7.93. The van der Waals surface area contributed by atoms with E-state index < -0.39 is 9.84 Å². The Morgan fingerprint density at radius 3 is 2.30 bits per heavy atom. The Labute approximate surface area is 125 Å². The minimum absolute atomic E-state index is 0.271. The van der Waals surface area contributed by atoms with Crippen molar-refractivity contribution in [3.8, 4) is 0 Å². The Morgan fingerprint density at radius 2 is 1.80 bits per heavy atom. The van der Waals surface area contributed by atoms with Gasteiger partial charge < -0.3 is 5.32 Å². The van der Waals surface area contributed by atoms with Gasteiger partial charge in [0.1, 0.15) is 9.84 Å². The lowest BCUT2D eigenvalue weighted by Crippen LogP contribution is -2.60. The highest BCUT2D eigenvalue weighted by Crippen LogP contribution is 2.21. The highest BCUT2D eigenvalue weighted by Gasteiger charge is 2.32. The molecule has 5 heteroatoms. The summed E-state index contributed by atoms with van der Waals surface area (Å²) in [5.74, 6) is 1.50. The van der Waals surface area contributed by atoms with Crippen LogP contribution in [0.2, 0.25) is 0 Å². The summed E-state index contributed by atoms with van der Waals surface area (Å²) in [5.41, 5.74) is 0. The largest absolute Gasteiger partial charge is 0.311 e. The number of nitrogens with zero attached hydrogens (tertiary/aromatic N) is 1. The van der Waals surface area contributed by atoms with Crippen LogP contribution in [0.1, 0.15) is 40.5 Å². The van der Waals surface area contributed by atoms with Crippen molar-refractivity contribution in [2.24, 2.45) is 11.8 Å². The maximum absolute atomic E-state index is 11.4. The van der Waals surface area contributed by atoms with E-state index in [4.69, 9.17) is 0 Å². The molecule has 1 aliphatic heterocycles. The van der Waals surface area contributed by atoms with Crippen molar-refractivity contribution >= 4 is 9.84 Å². The van der Waals surface area contributed by atoms with Gasteiger partial charge in [-0.25, -0.2) is 8.42 Å². The number of nitrogens with one attached hydrogen (secondary N) is 1. The molecule has 0 radical (unpaired) electrons. The number of piperazine rings is 1. The Kier molecular flexibility index (Phi) is 6.95. The maximum Gasteiger partial charge on any atom is 0.148 e. The minimum atomic E-state index is -2.88. The molecular formula is C15H32N2O2S. The first-order chi connectivity index (χ1) is 9.28. The number of hydrogen-bond donors (Lipinski definition) is 1. The number of sulfone groups is 1. The molecule has 4 nitrogen and oxygen atoms in total. The van der Waals surface area contributed by atoms with Gasteiger partial charge in [0.05, 0.1) is 5.75 Å². The smallest absolute Gasteiger partial charge is 0.148 e. The normalized spacial score (nSPS) is 28.2. The summed E-state index contributed by atoms with van der Waals surface area (Å²) in [6.45, 7) is 11.6. The summed E-state index contributed by atoms with van der Waals surface area (Å²) in [5, 5.41) is 3.67. The van der Waals surface area contributed by atoms with Crippen LogP contribution in [0, 0.1) is 11.8 Å². The van der Waals surface area contributed by atoms with Crippen LogP contribution in [0.5, 0.6) is 0 Å². The molecular weight excluding hydrogens is 272 g/mol. The van der Waals surface area contributed by atoms with E-state index in [0.717, 1.165) is 25.9 Å². The van der Waals surface area contributed by atoms with Crippen LogP contribution in [0.4, 0.5) is 0 Å². The summed E-state index contributed by atoms with van der Waals surface area (Å²) in [7, 11) is -2.88. The zero-order chi connectivity index (χ0) is 15.3. The third kappa shape index (κ3) is 5.34. The fourth-order valence-corrected chi connectivity index (χ4v) is 3.46. The van der Waals surface area contributed by atoms with Gasteiger partial charge in [-0.05, 0) is 11.8 Å². The summed E-state index contributed by atoms with van der Waals surface area (Å²) in [4.78, 5) is 2.41. The van der Waals surface area contributed by atoms with Crippen LogP contribution in [0.25, 0.3) is 0 Å². The second-order valence-electron chi connectivity index (χ2n) is 6.48. The molecule has 0 aromatic rings. The lowest BCUT2D eigenvalue weighted by Gasteiger charge is -2.44. The van der Waals surface area contributed by atoms with Crippen molar-refractivity contribution in [1.82, 2.24) is 10.2 Å². The van der Waals surface area contributed by atoms with E-state index >= 15 is 0 Å². The van der Waals surface area contributed by atoms with E-state index in [-0.39, 0.29) is 5.75 Å². The van der Waals surface area contributed by atoms with E-state index in [2.05, 4.69) is 37.9 Å². The van der Waals surface area contributed by atoms with E-state index in [1.807, 2.05) is 0 Å². The quantitative estimate of drug-likeness (QED) is 0.779. The van der Waals surface area contributed by atoms with E-state index in [1.165, 1.54) is 6.26 Å². The molecule has 4 atom stereocenters. The van der Waals surface area contributed by atoms with Gasteiger partial charge in [-0.15, -0.1) is 0 Å². The summed E-state index contributed by atoms with van der Waals surface area (Å²) >= 11 is 0. The Bertz CT molecular complexity index is 383. The second-order valence-corrected chi connectivity index (χ2v) is 8.74. The third-order valence-electron chi connectivity index (χ3n) is 4.87.